The summed E-state index contributed by atoms with van der Waals surface area (Å²) in [6.07, 6.45) is 0. The van der Waals surface area contributed by atoms with Gasteiger partial charge in [-0.05, 0) is 17.7 Å². The fourth-order valence-electron chi connectivity index (χ4n) is 2.12. The number of nitrogens with one attached hydrogen (secondary N) is 1. The number of nitrogens with zero attached hydrogens (tertiary/aromatic N) is 1. The SMILES string of the molecule is O=C(CSCc1ccc(Cl)cc1Cl)NCCN1CCOCC1. The van der Waals surface area contributed by atoms with Crippen molar-refractivity contribution in [1.29, 1.82) is 0 Å². The Balaban J connectivity index is 1.59. The molecule has 0 saturated carbocycles. The minimum atomic E-state index is 0.0587. The van der Waals surface area contributed by atoms with Crippen LogP contribution in [0.15, 0.2) is 18.2 Å². The van der Waals surface area contributed by atoms with Crippen molar-refractivity contribution in [3.8, 4) is 0 Å². The van der Waals surface area contributed by atoms with E-state index in [1.807, 2.05) is 12.1 Å². The molecule has 1 saturated heterocycles. The molecule has 122 valence electrons. The third-order valence-corrected chi connectivity index (χ3v) is 4.93. The van der Waals surface area contributed by atoms with Crippen LogP contribution in [0.2, 0.25) is 10.0 Å². The molecule has 0 atom stereocenters. The molecular weight excluding hydrogens is 343 g/mol. The van der Waals surface area contributed by atoms with Gasteiger partial charge >= 0.3 is 0 Å². The maximum Gasteiger partial charge on any atom is 0.230 e. The van der Waals surface area contributed by atoms with Gasteiger partial charge in [-0.15, -0.1) is 11.8 Å². The summed E-state index contributed by atoms with van der Waals surface area (Å²) in [5, 5.41) is 4.21. The third kappa shape index (κ3) is 6.34. The minimum Gasteiger partial charge on any atom is -0.379 e. The van der Waals surface area contributed by atoms with E-state index in [0.717, 1.165) is 38.4 Å². The van der Waals surface area contributed by atoms with Gasteiger partial charge in [0.1, 0.15) is 0 Å². The molecule has 0 spiro atoms. The van der Waals surface area contributed by atoms with Gasteiger partial charge in [-0.1, -0.05) is 29.3 Å². The molecule has 2 rings (SSSR count). The Morgan fingerprint density at radius 1 is 1.32 bits per heavy atom. The zero-order valence-corrected chi connectivity index (χ0v) is 14.6. The van der Waals surface area contributed by atoms with Crippen molar-refractivity contribution in [3.05, 3.63) is 33.8 Å². The maximum atomic E-state index is 11.8. The Kier molecular flexibility index (Phi) is 7.83. The predicted molar refractivity (Wildman–Crippen MR) is 92.9 cm³/mol. The van der Waals surface area contributed by atoms with Crippen LogP contribution in [-0.4, -0.2) is 56.0 Å². The molecule has 0 bridgehead atoms. The van der Waals surface area contributed by atoms with Crippen LogP contribution in [0.5, 0.6) is 0 Å². The molecule has 1 heterocycles. The summed E-state index contributed by atoms with van der Waals surface area (Å²) in [6.45, 7) is 5.01. The van der Waals surface area contributed by atoms with Crippen LogP contribution in [0.25, 0.3) is 0 Å². The Morgan fingerprint density at radius 2 is 2.09 bits per heavy atom. The first kappa shape index (κ1) is 17.9. The van der Waals surface area contributed by atoms with E-state index >= 15 is 0 Å². The zero-order chi connectivity index (χ0) is 15.8. The fraction of sp³-hybridized carbons (Fsp3) is 0.533. The lowest BCUT2D eigenvalue weighted by Gasteiger charge is -2.26. The fourth-order valence-corrected chi connectivity index (χ4v) is 3.54. The zero-order valence-electron chi connectivity index (χ0n) is 12.3. The second-order valence-electron chi connectivity index (χ2n) is 5.03. The van der Waals surface area contributed by atoms with E-state index in [4.69, 9.17) is 27.9 Å². The molecule has 1 fully saturated rings. The van der Waals surface area contributed by atoms with Gasteiger partial charge in [-0.3, -0.25) is 9.69 Å². The van der Waals surface area contributed by atoms with Crippen molar-refractivity contribution in [2.24, 2.45) is 0 Å². The van der Waals surface area contributed by atoms with Crippen LogP contribution in [0.3, 0.4) is 0 Å². The summed E-state index contributed by atoms with van der Waals surface area (Å²) in [5.74, 6) is 1.19. The average Bonchev–Trinajstić information content (AvgIpc) is 2.50. The van der Waals surface area contributed by atoms with Crippen LogP contribution in [0.4, 0.5) is 0 Å². The van der Waals surface area contributed by atoms with E-state index in [1.54, 1.807) is 17.8 Å². The normalized spacial score (nSPS) is 15.7. The molecule has 1 aromatic rings. The van der Waals surface area contributed by atoms with Gasteiger partial charge in [-0.25, -0.2) is 0 Å². The highest BCUT2D eigenvalue weighted by Gasteiger charge is 2.10. The monoisotopic (exact) mass is 362 g/mol. The number of hydrogen-bond acceptors (Lipinski definition) is 4. The van der Waals surface area contributed by atoms with Crippen molar-refractivity contribution < 1.29 is 9.53 Å². The lowest BCUT2D eigenvalue weighted by Crippen LogP contribution is -2.41. The van der Waals surface area contributed by atoms with Crippen LogP contribution < -0.4 is 5.32 Å². The Hall–Kier alpha value is -0.460. The van der Waals surface area contributed by atoms with Crippen molar-refractivity contribution >= 4 is 40.9 Å². The summed E-state index contributed by atoms with van der Waals surface area (Å²) in [6, 6.07) is 5.43. The lowest BCUT2D eigenvalue weighted by atomic mass is 10.2. The average molecular weight is 363 g/mol. The highest BCUT2D eigenvalue weighted by atomic mass is 35.5. The van der Waals surface area contributed by atoms with E-state index < -0.39 is 0 Å². The second-order valence-corrected chi connectivity index (χ2v) is 6.86. The van der Waals surface area contributed by atoms with Crippen molar-refractivity contribution in [3.63, 3.8) is 0 Å². The Bertz CT molecular complexity index is 496. The molecule has 22 heavy (non-hydrogen) atoms. The molecule has 1 amide bonds. The van der Waals surface area contributed by atoms with E-state index in [-0.39, 0.29) is 5.91 Å². The smallest absolute Gasteiger partial charge is 0.230 e. The number of carbonyl (C=O) groups excluding carboxylic acids is 1. The summed E-state index contributed by atoms with van der Waals surface area (Å²) in [4.78, 5) is 14.1. The van der Waals surface area contributed by atoms with Crippen molar-refractivity contribution in [2.45, 2.75) is 5.75 Å². The molecule has 1 N–H and O–H groups in total. The van der Waals surface area contributed by atoms with E-state index in [1.165, 1.54) is 0 Å². The van der Waals surface area contributed by atoms with Gasteiger partial charge in [0.25, 0.3) is 0 Å². The number of benzene rings is 1. The Labute approximate surface area is 145 Å². The molecule has 1 aromatic carbocycles. The number of rotatable bonds is 7. The number of halogens is 2. The maximum absolute atomic E-state index is 11.8. The van der Waals surface area contributed by atoms with Gasteiger partial charge < -0.3 is 10.1 Å². The van der Waals surface area contributed by atoms with E-state index in [9.17, 15) is 4.79 Å². The number of morpholine rings is 1. The third-order valence-electron chi connectivity index (χ3n) is 3.36. The van der Waals surface area contributed by atoms with Gasteiger partial charge in [0.05, 0.1) is 19.0 Å². The number of amides is 1. The largest absolute Gasteiger partial charge is 0.379 e. The molecular formula is C15H20Cl2N2O2S. The van der Waals surface area contributed by atoms with Gasteiger partial charge in [0.2, 0.25) is 5.91 Å². The van der Waals surface area contributed by atoms with Crippen molar-refractivity contribution in [2.75, 3.05) is 45.1 Å². The lowest BCUT2D eigenvalue weighted by molar-refractivity contribution is -0.118. The molecule has 1 aliphatic rings. The van der Waals surface area contributed by atoms with Crippen molar-refractivity contribution in [1.82, 2.24) is 10.2 Å². The molecule has 4 nitrogen and oxygen atoms in total. The number of hydrogen-bond donors (Lipinski definition) is 1. The standard InChI is InChI=1S/C15H20Cl2N2O2S/c16-13-2-1-12(14(17)9-13)10-22-11-15(20)18-3-4-19-5-7-21-8-6-19/h1-2,9H,3-8,10-11H2,(H,18,20). The first-order valence-electron chi connectivity index (χ1n) is 7.23. The van der Waals surface area contributed by atoms with E-state index in [0.29, 0.717) is 28.1 Å². The first-order valence-corrected chi connectivity index (χ1v) is 9.14. The van der Waals surface area contributed by atoms with E-state index in [2.05, 4.69) is 10.2 Å². The summed E-state index contributed by atoms with van der Waals surface area (Å²) < 4.78 is 5.29. The second kappa shape index (κ2) is 9.63. The summed E-state index contributed by atoms with van der Waals surface area (Å²) in [5.41, 5.74) is 0.997. The van der Waals surface area contributed by atoms with Crippen LogP contribution >= 0.6 is 35.0 Å². The quantitative estimate of drug-likeness (QED) is 0.809. The molecule has 0 radical (unpaired) electrons. The summed E-state index contributed by atoms with van der Waals surface area (Å²) >= 11 is 13.5. The molecule has 0 aromatic heterocycles. The van der Waals surface area contributed by atoms with Crippen LogP contribution in [0.1, 0.15) is 5.56 Å². The Morgan fingerprint density at radius 3 is 2.82 bits per heavy atom. The summed E-state index contributed by atoms with van der Waals surface area (Å²) in [7, 11) is 0. The number of thioether (sulfide) groups is 1. The van der Waals surface area contributed by atoms with Gasteiger partial charge in [0.15, 0.2) is 0 Å². The molecule has 7 heteroatoms. The highest BCUT2D eigenvalue weighted by Crippen LogP contribution is 2.24. The molecule has 0 unspecified atom stereocenters. The molecule has 0 aliphatic carbocycles. The van der Waals surface area contributed by atoms with Gasteiger partial charge in [-0.2, -0.15) is 0 Å². The minimum absolute atomic E-state index is 0.0587. The topological polar surface area (TPSA) is 41.6 Å². The van der Waals surface area contributed by atoms with Crippen LogP contribution in [0, 0.1) is 0 Å². The predicted octanol–water partition coefficient (Wildman–Crippen LogP) is 2.68. The highest BCUT2D eigenvalue weighted by molar-refractivity contribution is 7.99. The molecule has 1 aliphatic heterocycles. The van der Waals surface area contributed by atoms with Crippen LogP contribution in [-0.2, 0) is 15.3 Å². The van der Waals surface area contributed by atoms with Gasteiger partial charge in [0, 0.05) is 42.0 Å². The first-order chi connectivity index (χ1) is 10.6. The number of carbonyl (C=O) groups is 1. The number of ether oxygens (including phenoxy) is 1.